The standard InChI is InChI=1S/C12H17FN2OS/c1-3-16-7-6-15(2)11-5-4-9(13)8-10(11)12(14)17/h4-5,8H,3,6-7H2,1-2H3,(H2,14,17). The van der Waals surface area contributed by atoms with Crippen LogP contribution in [-0.2, 0) is 4.74 Å². The molecule has 0 aliphatic carbocycles. The van der Waals surface area contributed by atoms with Gasteiger partial charge in [0.1, 0.15) is 10.8 Å². The van der Waals surface area contributed by atoms with Gasteiger partial charge in [-0.2, -0.15) is 0 Å². The smallest absolute Gasteiger partial charge is 0.124 e. The predicted molar refractivity (Wildman–Crippen MR) is 72.1 cm³/mol. The Balaban J connectivity index is 2.84. The molecule has 0 saturated carbocycles. The maximum Gasteiger partial charge on any atom is 0.124 e. The first kappa shape index (κ1) is 13.9. The lowest BCUT2D eigenvalue weighted by molar-refractivity contribution is 0.154. The lowest BCUT2D eigenvalue weighted by atomic mass is 10.1. The van der Waals surface area contributed by atoms with Crippen molar-refractivity contribution < 1.29 is 9.13 Å². The SMILES string of the molecule is CCOCCN(C)c1ccc(F)cc1C(N)=S. The third-order valence-corrected chi connectivity index (χ3v) is 2.63. The van der Waals surface area contributed by atoms with Crippen LogP contribution in [0.5, 0.6) is 0 Å². The molecule has 0 aromatic heterocycles. The fraction of sp³-hybridized carbons (Fsp3) is 0.417. The molecule has 0 unspecified atom stereocenters. The molecular weight excluding hydrogens is 239 g/mol. The number of likely N-dealkylation sites (N-methyl/N-ethyl adjacent to an activating group) is 1. The van der Waals surface area contributed by atoms with Crippen molar-refractivity contribution in [1.29, 1.82) is 0 Å². The number of rotatable bonds is 6. The van der Waals surface area contributed by atoms with Crippen molar-refractivity contribution >= 4 is 22.9 Å². The summed E-state index contributed by atoms with van der Waals surface area (Å²) in [5, 5.41) is 0. The third-order valence-electron chi connectivity index (χ3n) is 2.41. The summed E-state index contributed by atoms with van der Waals surface area (Å²) in [4.78, 5) is 2.15. The van der Waals surface area contributed by atoms with Crippen molar-refractivity contribution in [2.75, 3.05) is 31.7 Å². The summed E-state index contributed by atoms with van der Waals surface area (Å²) in [7, 11) is 1.90. The summed E-state index contributed by atoms with van der Waals surface area (Å²) in [5.74, 6) is -0.338. The molecule has 1 rings (SSSR count). The van der Waals surface area contributed by atoms with Gasteiger partial charge in [-0.05, 0) is 25.1 Å². The Hall–Kier alpha value is -1.20. The van der Waals surface area contributed by atoms with Gasteiger partial charge in [0.15, 0.2) is 0 Å². The Bertz CT molecular complexity index is 398. The van der Waals surface area contributed by atoms with Gasteiger partial charge >= 0.3 is 0 Å². The molecule has 94 valence electrons. The molecular formula is C12H17FN2OS. The Labute approximate surface area is 106 Å². The maximum absolute atomic E-state index is 13.1. The summed E-state index contributed by atoms with van der Waals surface area (Å²) in [5.41, 5.74) is 6.96. The van der Waals surface area contributed by atoms with Crippen molar-refractivity contribution in [3.05, 3.63) is 29.6 Å². The Kier molecular flexibility index (Phi) is 5.31. The summed E-state index contributed by atoms with van der Waals surface area (Å²) >= 11 is 4.92. The Morgan fingerprint density at radius 3 is 2.82 bits per heavy atom. The molecule has 0 bridgehead atoms. The minimum Gasteiger partial charge on any atom is -0.389 e. The van der Waals surface area contributed by atoms with Gasteiger partial charge in [0.25, 0.3) is 0 Å². The zero-order valence-electron chi connectivity index (χ0n) is 10.1. The average Bonchev–Trinajstić information content (AvgIpc) is 2.29. The number of nitrogens with two attached hydrogens (primary N) is 1. The second kappa shape index (κ2) is 6.51. The molecule has 1 aromatic rings. The molecule has 0 heterocycles. The number of hydrogen-bond acceptors (Lipinski definition) is 3. The van der Waals surface area contributed by atoms with Gasteiger partial charge in [-0.25, -0.2) is 4.39 Å². The average molecular weight is 256 g/mol. The quantitative estimate of drug-likeness (QED) is 0.623. The second-order valence-electron chi connectivity index (χ2n) is 3.64. The van der Waals surface area contributed by atoms with E-state index in [-0.39, 0.29) is 10.8 Å². The van der Waals surface area contributed by atoms with E-state index < -0.39 is 0 Å². The fourth-order valence-electron chi connectivity index (χ4n) is 1.50. The van der Waals surface area contributed by atoms with E-state index in [1.807, 2.05) is 18.9 Å². The van der Waals surface area contributed by atoms with E-state index in [9.17, 15) is 4.39 Å². The highest BCUT2D eigenvalue weighted by atomic mass is 32.1. The molecule has 0 spiro atoms. The van der Waals surface area contributed by atoms with E-state index in [0.717, 1.165) is 5.69 Å². The van der Waals surface area contributed by atoms with Crippen LogP contribution in [-0.4, -0.2) is 31.8 Å². The van der Waals surface area contributed by atoms with Crippen molar-refractivity contribution in [1.82, 2.24) is 0 Å². The van der Waals surface area contributed by atoms with Crippen molar-refractivity contribution in [2.45, 2.75) is 6.92 Å². The van der Waals surface area contributed by atoms with Crippen LogP contribution in [0.3, 0.4) is 0 Å². The van der Waals surface area contributed by atoms with E-state index in [1.54, 1.807) is 6.07 Å². The van der Waals surface area contributed by atoms with Gasteiger partial charge in [-0.3, -0.25) is 0 Å². The molecule has 3 nitrogen and oxygen atoms in total. The van der Waals surface area contributed by atoms with Crippen LogP contribution in [0.4, 0.5) is 10.1 Å². The molecule has 2 N–H and O–H groups in total. The van der Waals surface area contributed by atoms with Crippen molar-refractivity contribution in [2.24, 2.45) is 5.73 Å². The van der Waals surface area contributed by atoms with E-state index in [0.29, 0.717) is 25.3 Å². The van der Waals surface area contributed by atoms with Crippen LogP contribution in [0.2, 0.25) is 0 Å². The predicted octanol–water partition coefficient (Wildman–Crippen LogP) is 1.93. The zero-order chi connectivity index (χ0) is 12.8. The lowest BCUT2D eigenvalue weighted by Gasteiger charge is -2.22. The summed E-state index contributed by atoms with van der Waals surface area (Å²) < 4.78 is 18.4. The van der Waals surface area contributed by atoms with Crippen LogP contribution in [0, 0.1) is 5.82 Å². The highest BCUT2D eigenvalue weighted by Gasteiger charge is 2.10. The van der Waals surface area contributed by atoms with Crippen molar-refractivity contribution in [3.63, 3.8) is 0 Å². The zero-order valence-corrected chi connectivity index (χ0v) is 10.9. The molecule has 0 radical (unpaired) electrons. The minimum absolute atomic E-state index is 0.197. The van der Waals surface area contributed by atoms with E-state index >= 15 is 0 Å². The summed E-state index contributed by atoms with van der Waals surface area (Å²) in [6, 6.07) is 4.43. The van der Waals surface area contributed by atoms with Gasteiger partial charge in [0.2, 0.25) is 0 Å². The number of halogens is 1. The molecule has 0 saturated heterocycles. The number of anilines is 1. The highest BCUT2D eigenvalue weighted by molar-refractivity contribution is 7.80. The maximum atomic E-state index is 13.1. The molecule has 5 heteroatoms. The summed E-state index contributed by atoms with van der Waals surface area (Å²) in [6.45, 7) is 3.94. The first-order chi connectivity index (χ1) is 8.06. The van der Waals surface area contributed by atoms with Gasteiger partial charge in [0, 0.05) is 31.5 Å². The molecule has 0 aliphatic rings. The van der Waals surface area contributed by atoms with Crippen LogP contribution >= 0.6 is 12.2 Å². The summed E-state index contributed by atoms with van der Waals surface area (Å²) in [6.07, 6.45) is 0. The minimum atomic E-state index is -0.338. The number of nitrogens with zero attached hydrogens (tertiary/aromatic N) is 1. The monoisotopic (exact) mass is 256 g/mol. The van der Waals surface area contributed by atoms with Crippen LogP contribution in [0.1, 0.15) is 12.5 Å². The number of ether oxygens (including phenoxy) is 1. The molecule has 0 amide bonds. The second-order valence-corrected chi connectivity index (χ2v) is 4.08. The number of thiocarbonyl (C=S) groups is 1. The third kappa shape index (κ3) is 3.94. The van der Waals surface area contributed by atoms with Gasteiger partial charge in [-0.1, -0.05) is 12.2 Å². The van der Waals surface area contributed by atoms with Crippen LogP contribution in [0.15, 0.2) is 18.2 Å². The first-order valence-corrected chi connectivity index (χ1v) is 5.85. The lowest BCUT2D eigenvalue weighted by Crippen LogP contribution is -2.25. The van der Waals surface area contributed by atoms with E-state index in [4.69, 9.17) is 22.7 Å². The highest BCUT2D eigenvalue weighted by Crippen LogP contribution is 2.20. The van der Waals surface area contributed by atoms with Gasteiger partial charge in [-0.15, -0.1) is 0 Å². The first-order valence-electron chi connectivity index (χ1n) is 5.44. The van der Waals surface area contributed by atoms with Gasteiger partial charge in [0.05, 0.1) is 6.61 Å². The number of benzene rings is 1. The molecule has 1 aromatic carbocycles. The topological polar surface area (TPSA) is 38.5 Å². The normalized spacial score (nSPS) is 10.3. The molecule has 0 aliphatic heterocycles. The molecule has 0 atom stereocenters. The molecule has 0 fully saturated rings. The molecule has 17 heavy (non-hydrogen) atoms. The largest absolute Gasteiger partial charge is 0.389 e. The van der Waals surface area contributed by atoms with E-state index in [1.165, 1.54) is 12.1 Å². The van der Waals surface area contributed by atoms with Crippen LogP contribution < -0.4 is 10.6 Å². The Morgan fingerprint density at radius 1 is 1.53 bits per heavy atom. The van der Waals surface area contributed by atoms with E-state index in [2.05, 4.69) is 0 Å². The fourth-order valence-corrected chi connectivity index (χ4v) is 1.67. The van der Waals surface area contributed by atoms with Gasteiger partial charge < -0.3 is 15.4 Å². The van der Waals surface area contributed by atoms with Crippen LogP contribution in [0.25, 0.3) is 0 Å². The van der Waals surface area contributed by atoms with Crippen molar-refractivity contribution in [3.8, 4) is 0 Å². The Morgan fingerprint density at radius 2 is 2.24 bits per heavy atom. The number of hydrogen-bond donors (Lipinski definition) is 1.